The van der Waals surface area contributed by atoms with Gasteiger partial charge < -0.3 is 21.1 Å². The van der Waals surface area contributed by atoms with Crippen LogP contribution >= 0.6 is 0 Å². The highest BCUT2D eigenvalue weighted by atomic mass is 19.4. The second kappa shape index (κ2) is 6.11. The number of nitrogens with zero attached hydrogens (tertiary/aromatic N) is 2. The summed E-state index contributed by atoms with van der Waals surface area (Å²) in [6.45, 7) is 2.16. The van der Waals surface area contributed by atoms with Gasteiger partial charge in [0.25, 0.3) is 0 Å². The van der Waals surface area contributed by atoms with Crippen molar-refractivity contribution in [3.8, 4) is 5.75 Å². The van der Waals surface area contributed by atoms with E-state index in [0.29, 0.717) is 12.5 Å². The van der Waals surface area contributed by atoms with E-state index in [0.717, 1.165) is 25.2 Å². The molecule has 1 fully saturated rings. The molecule has 0 radical (unpaired) electrons. The van der Waals surface area contributed by atoms with Gasteiger partial charge in [-0.05, 0) is 36.6 Å². The average molecular weight is 302 g/mol. The minimum absolute atomic E-state index is 0.0714. The second-order valence-electron chi connectivity index (χ2n) is 4.91. The zero-order chi connectivity index (χ0) is 15.5. The molecule has 1 aromatic carbocycles. The average Bonchev–Trinajstić information content (AvgIpc) is 2.84. The van der Waals surface area contributed by atoms with Crippen LogP contribution in [0.4, 0.5) is 18.9 Å². The molecule has 21 heavy (non-hydrogen) atoms. The lowest BCUT2D eigenvalue weighted by atomic mass is 10.1. The zero-order valence-corrected chi connectivity index (χ0v) is 11.3. The van der Waals surface area contributed by atoms with E-state index in [1.807, 2.05) is 0 Å². The van der Waals surface area contributed by atoms with Gasteiger partial charge in [0.15, 0.2) is 5.96 Å². The van der Waals surface area contributed by atoms with Crippen LogP contribution in [0.3, 0.4) is 0 Å². The van der Waals surface area contributed by atoms with Gasteiger partial charge in [0.2, 0.25) is 0 Å². The summed E-state index contributed by atoms with van der Waals surface area (Å²) in [6.07, 6.45) is -3.72. The lowest BCUT2D eigenvalue weighted by molar-refractivity contribution is -0.274. The highest BCUT2D eigenvalue weighted by molar-refractivity contribution is 5.75. The van der Waals surface area contributed by atoms with Gasteiger partial charge in [0.05, 0.1) is 0 Å². The number of nitrogens with two attached hydrogens (primary N) is 2. The van der Waals surface area contributed by atoms with Crippen LogP contribution in [0.5, 0.6) is 5.75 Å². The Morgan fingerprint density at radius 1 is 1.29 bits per heavy atom. The molecule has 0 amide bonds. The first-order valence-electron chi connectivity index (χ1n) is 6.49. The topological polar surface area (TPSA) is 76.9 Å². The third-order valence-electron chi connectivity index (χ3n) is 3.25. The van der Waals surface area contributed by atoms with Gasteiger partial charge in [0, 0.05) is 25.3 Å². The Bertz CT molecular complexity index is 497. The molecule has 0 aliphatic carbocycles. The van der Waals surface area contributed by atoms with Crippen LogP contribution in [0, 0.1) is 5.92 Å². The maximum Gasteiger partial charge on any atom is 0.573 e. The van der Waals surface area contributed by atoms with Gasteiger partial charge in [-0.3, -0.25) is 4.99 Å². The van der Waals surface area contributed by atoms with E-state index in [4.69, 9.17) is 11.5 Å². The normalized spacial score (nSPS) is 18.6. The van der Waals surface area contributed by atoms with Crippen molar-refractivity contribution in [3.63, 3.8) is 0 Å². The second-order valence-corrected chi connectivity index (χ2v) is 4.91. The summed E-state index contributed by atoms with van der Waals surface area (Å²) in [5, 5.41) is 0. The molecule has 116 valence electrons. The largest absolute Gasteiger partial charge is 0.573 e. The molecule has 4 N–H and O–H groups in total. The van der Waals surface area contributed by atoms with Crippen LogP contribution in [-0.4, -0.2) is 32.0 Å². The molecule has 0 spiro atoms. The number of alkyl halides is 3. The number of hydrogen-bond acceptors (Lipinski definition) is 3. The quantitative estimate of drug-likeness (QED) is 0.655. The molecule has 0 unspecified atom stereocenters. The van der Waals surface area contributed by atoms with Crippen LogP contribution in [0.1, 0.15) is 6.42 Å². The summed E-state index contributed by atoms with van der Waals surface area (Å²) in [6, 6.07) is 5.85. The van der Waals surface area contributed by atoms with Crippen molar-refractivity contribution >= 4 is 11.6 Å². The van der Waals surface area contributed by atoms with Crippen LogP contribution in [0.25, 0.3) is 0 Å². The molecule has 2 rings (SSSR count). The molecule has 0 bridgehead atoms. The Morgan fingerprint density at radius 2 is 1.95 bits per heavy atom. The molecule has 1 atom stereocenters. The third kappa shape index (κ3) is 4.73. The van der Waals surface area contributed by atoms with Gasteiger partial charge in [-0.15, -0.1) is 13.2 Å². The molecule has 0 saturated carbocycles. The van der Waals surface area contributed by atoms with Crippen molar-refractivity contribution in [1.82, 2.24) is 0 Å². The minimum atomic E-state index is -4.67. The van der Waals surface area contributed by atoms with Gasteiger partial charge in [0.1, 0.15) is 5.75 Å². The number of aliphatic imine (C=N–C) groups is 1. The first-order chi connectivity index (χ1) is 9.83. The minimum Gasteiger partial charge on any atom is -0.406 e. The van der Waals surface area contributed by atoms with Crippen molar-refractivity contribution < 1.29 is 17.9 Å². The number of guanidine groups is 1. The first kappa shape index (κ1) is 15.3. The van der Waals surface area contributed by atoms with E-state index >= 15 is 0 Å². The molecule has 8 heteroatoms. The molecular formula is C13H17F3N4O. The summed E-state index contributed by atoms with van der Waals surface area (Å²) in [4.78, 5) is 6.08. The van der Waals surface area contributed by atoms with E-state index < -0.39 is 6.36 Å². The lowest BCUT2D eigenvalue weighted by Crippen LogP contribution is -2.25. The summed E-state index contributed by atoms with van der Waals surface area (Å²) in [5.74, 6) is 0.197. The fraction of sp³-hybridized carbons (Fsp3) is 0.462. The number of anilines is 1. The number of benzene rings is 1. The van der Waals surface area contributed by atoms with Gasteiger partial charge in [-0.25, -0.2) is 0 Å². The predicted molar refractivity (Wildman–Crippen MR) is 74.1 cm³/mol. The van der Waals surface area contributed by atoms with E-state index in [1.54, 1.807) is 12.1 Å². The third-order valence-corrected chi connectivity index (χ3v) is 3.25. The summed E-state index contributed by atoms with van der Waals surface area (Å²) in [7, 11) is 0. The molecular weight excluding hydrogens is 285 g/mol. The number of ether oxygens (including phenoxy) is 1. The monoisotopic (exact) mass is 302 g/mol. The van der Waals surface area contributed by atoms with Gasteiger partial charge >= 0.3 is 6.36 Å². The van der Waals surface area contributed by atoms with E-state index in [2.05, 4.69) is 14.6 Å². The lowest BCUT2D eigenvalue weighted by Gasteiger charge is -2.19. The molecule has 1 aliphatic heterocycles. The number of rotatable bonds is 4. The highest BCUT2D eigenvalue weighted by Gasteiger charge is 2.31. The van der Waals surface area contributed by atoms with E-state index in [-0.39, 0.29) is 11.7 Å². The fourth-order valence-electron chi connectivity index (χ4n) is 2.31. The Hall–Kier alpha value is -2.12. The Balaban J connectivity index is 1.93. The van der Waals surface area contributed by atoms with Gasteiger partial charge in [-0.2, -0.15) is 0 Å². The first-order valence-corrected chi connectivity index (χ1v) is 6.49. The van der Waals surface area contributed by atoms with Crippen LogP contribution in [0.2, 0.25) is 0 Å². The molecule has 1 aliphatic rings. The van der Waals surface area contributed by atoms with E-state index in [9.17, 15) is 13.2 Å². The summed E-state index contributed by atoms with van der Waals surface area (Å²) in [5.41, 5.74) is 11.4. The Labute approximate surface area is 120 Å². The standard InChI is InChI=1S/C13H17F3N4O/c14-13(15,16)21-11-3-1-10(2-4-11)20-6-5-9(8-20)7-19-12(17)18/h1-4,9H,5-8H2,(H4,17,18,19)/t9-/m0/s1. The number of halogens is 3. The van der Waals surface area contributed by atoms with Crippen molar-refractivity contribution in [1.29, 1.82) is 0 Å². The van der Waals surface area contributed by atoms with Crippen molar-refractivity contribution in [2.24, 2.45) is 22.4 Å². The highest BCUT2D eigenvalue weighted by Crippen LogP contribution is 2.28. The van der Waals surface area contributed by atoms with Crippen LogP contribution in [-0.2, 0) is 0 Å². The van der Waals surface area contributed by atoms with Crippen molar-refractivity contribution in [2.45, 2.75) is 12.8 Å². The number of hydrogen-bond donors (Lipinski definition) is 2. The smallest absolute Gasteiger partial charge is 0.406 e. The SMILES string of the molecule is NC(N)=NC[C@@H]1CCN(c2ccc(OC(F)(F)F)cc2)C1. The maximum absolute atomic E-state index is 12.1. The molecule has 5 nitrogen and oxygen atoms in total. The molecule has 1 aromatic rings. The van der Waals surface area contributed by atoms with Crippen molar-refractivity contribution in [3.05, 3.63) is 24.3 Å². The van der Waals surface area contributed by atoms with Crippen LogP contribution < -0.4 is 21.1 Å². The Morgan fingerprint density at radius 3 is 2.52 bits per heavy atom. The summed E-state index contributed by atoms with van der Waals surface area (Å²) < 4.78 is 40.1. The van der Waals surface area contributed by atoms with Crippen LogP contribution in [0.15, 0.2) is 29.3 Å². The fourth-order valence-corrected chi connectivity index (χ4v) is 2.31. The zero-order valence-electron chi connectivity index (χ0n) is 11.3. The molecule has 0 aromatic heterocycles. The van der Waals surface area contributed by atoms with Crippen molar-refractivity contribution in [2.75, 3.05) is 24.5 Å². The molecule has 1 saturated heterocycles. The van der Waals surface area contributed by atoms with Gasteiger partial charge in [-0.1, -0.05) is 0 Å². The summed E-state index contributed by atoms with van der Waals surface area (Å²) >= 11 is 0. The molecule has 1 heterocycles. The maximum atomic E-state index is 12.1. The Kier molecular flexibility index (Phi) is 4.44. The predicted octanol–water partition coefficient (Wildman–Crippen LogP) is 1.68. The van der Waals surface area contributed by atoms with E-state index in [1.165, 1.54) is 12.1 Å².